The number of halogens is 1. The van der Waals surface area contributed by atoms with E-state index < -0.39 is 0 Å². The van der Waals surface area contributed by atoms with Crippen molar-refractivity contribution in [2.24, 2.45) is 5.92 Å². The third kappa shape index (κ3) is 4.45. The molecule has 8 nitrogen and oxygen atoms in total. The zero-order valence-corrected chi connectivity index (χ0v) is 16.7. The van der Waals surface area contributed by atoms with E-state index in [0.29, 0.717) is 46.9 Å². The fraction of sp³-hybridized carbons (Fsp3) is 0.421. The first-order valence-electron chi connectivity index (χ1n) is 9.11. The molecular weight excluding hydrogens is 382 g/mol. The van der Waals surface area contributed by atoms with Crippen molar-refractivity contribution in [1.29, 1.82) is 0 Å². The van der Waals surface area contributed by atoms with Gasteiger partial charge in [0.25, 0.3) is 5.91 Å². The SMILES string of the molecule is CNc1nc(Nc2ccc(C(=O)N3CCC(CO)CC3)cc2OC)ncc1Cl. The second kappa shape index (κ2) is 9.07. The van der Waals surface area contributed by atoms with Crippen LogP contribution in [-0.2, 0) is 0 Å². The third-order valence-corrected chi connectivity index (χ3v) is 5.11. The molecule has 3 rings (SSSR count). The molecule has 2 heterocycles. The predicted octanol–water partition coefficient (Wildman–Crippen LogP) is 2.77. The van der Waals surface area contributed by atoms with E-state index in [1.54, 1.807) is 32.4 Å². The van der Waals surface area contributed by atoms with Gasteiger partial charge in [-0.15, -0.1) is 0 Å². The van der Waals surface area contributed by atoms with Gasteiger partial charge in [0, 0.05) is 32.3 Å². The highest BCUT2D eigenvalue weighted by atomic mass is 35.5. The van der Waals surface area contributed by atoms with Crippen LogP contribution in [0, 0.1) is 5.92 Å². The maximum Gasteiger partial charge on any atom is 0.253 e. The largest absolute Gasteiger partial charge is 0.495 e. The number of aliphatic hydroxyl groups excluding tert-OH is 1. The average Bonchev–Trinajstić information content (AvgIpc) is 2.74. The Morgan fingerprint density at radius 2 is 2.14 bits per heavy atom. The van der Waals surface area contributed by atoms with E-state index in [9.17, 15) is 9.90 Å². The topological polar surface area (TPSA) is 99.6 Å². The van der Waals surface area contributed by atoms with Crippen LogP contribution in [0.15, 0.2) is 24.4 Å². The number of ether oxygens (including phenoxy) is 1. The number of aromatic nitrogens is 2. The highest BCUT2D eigenvalue weighted by molar-refractivity contribution is 6.32. The zero-order chi connectivity index (χ0) is 20.1. The van der Waals surface area contributed by atoms with Gasteiger partial charge in [0.15, 0.2) is 0 Å². The average molecular weight is 406 g/mol. The minimum atomic E-state index is -0.0403. The molecule has 0 atom stereocenters. The maximum absolute atomic E-state index is 12.8. The van der Waals surface area contributed by atoms with Gasteiger partial charge < -0.3 is 25.4 Å². The van der Waals surface area contributed by atoms with Crippen LogP contribution in [0.1, 0.15) is 23.2 Å². The highest BCUT2D eigenvalue weighted by Gasteiger charge is 2.24. The van der Waals surface area contributed by atoms with Crippen molar-refractivity contribution in [2.75, 3.05) is 44.5 Å². The van der Waals surface area contributed by atoms with Crippen LogP contribution in [-0.4, -0.2) is 59.7 Å². The Kier molecular flexibility index (Phi) is 6.53. The first-order valence-corrected chi connectivity index (χ1v) is 9.49. The van der Waals surface area contributed by atoms with Crippen LogP contribution in [0.2, 0.25) is 5.02 Å². The number of carbonyl (C=O) groups is 1. The normalized spacial score (nSPS) is 14.6. The lowest BCUT2D eigenvalue weighted by Gasteiger charge is -2.31. The summed E-state index contributed by atoms with van der Waals surface area (Å²) in [5.41, 5.74) is 1.19. The Bertz CT molecular complexity index is 840. The Balaban J connectivity index is 1.76. The zero-order valence-electron chi connectivity index (χ0n) is 15.9. The number of methoxy groups -OCH3 is 1. The number of nitrogens with zero attached hydrogens (tertiary/aromatic N) is 3. The molecule has 3 N–H and O–H groups in total. The molecule has 1 saturated heterocycles. The number of aliphatic hydroxyl groups is 1. The summed E-state index contributed by atoms with van der Waals surface area (Å²) in [7, 11) is 3.27. The first-order chi connectivity index (χ1) is 13.5. The lowest BCUT2D eigenvalue weighted by molar-refractivity contribution is 0.0650. The molecule has 0 spiro atoms. The summed E-state index contributed by atoms with van der Waals surface area (Å²) in [6.45, 7) is 1.48. The van der Waals surface area contributed by atoms with Crippen molar-refractivity contribution >= 4 is 35.0 Å². The number of rotatable bonds is 6. The van der Waals surface area contributed by atoms with Gasteiger partial charge in [-0.1, -0.05) is 11.6 Å². The summed E-state index contributed by atoms with van der Waals surface area (Å²) in [5, 5.41) is 15.7. The number of anilines is 3. The van der Waals surface area contributed by atoms with Crippen LogP contribution in [0.5, 0.6) is 5.75 Å². The fourth-order valence-corrected chi connectivity index (χ4v) is 3.34. The number of hydrogen-bond donors (Lipinski definition) is 3. The molecular formula is C19H24ClN5O3. The summed E-state index contributed by atoms with van der Waals surface area (Å²) < 4.78 is 5.45. The number of likely N-dealkylation sites (tertiary alicyclic amines) is 1. The molecule has 0 bridgehead atoms. The summed E-state index contributed by atoms with van der Waals surface area (Å²) in [6.07, 6.45) is 3.14. The van der Waals surface area contributed by atoms with Crippen molar-refractivity contribution in [1.82, 2.24) is 14.9 Å². The maximum atomic E-state index is 12.8. The smallest absolute Gasteiger partial charge is 0.253 e. The van der Waals surface area contributed by atoms with Gasteiger partial charge in [0.05, 0.1) is 19.0 Å². The minimum absolute atomic E-state index is 0.0403. The molecule has 1 amide bonds. The van der Waals surface area contributed by atoms with Crippen LogP contribution in [0.4, 0.5) is 17.5 Å². The fourth-order valence-electron chi connectivity index (χ4n) is 3.15. The molecule has 0 radical (unpaired) electrons. The predicted molar refractivity (Wildman–Crippen MR) is 109 cm³/mol. The van der Waals surface area contributed by atoms with Crippen molar-refractivity contribution in [3.63, 3.8) is 0 Å². The van der Waals surface area contributed by atoms with E-state index in [1.807, 2.05) is 4.90 Å². The summed E-state index contributed by atoms with van der Waals surface area (Å²) in [5.74, 6) is 1.63. The molecule has 0 saturated carbocycles. The standard InChI is InChI=1S/C19H24ClN5O3/c1-21-17-14(20)10-22-19(24-17)23-15-4-3-13(9-16(15)28-2)18(27)25-7-5-12(11-26)6-8-25/h3-4,9-10,12,26H,5-8,11H2,1-2H3,(H2,21,22,23,24). The Hall–Kier alpha value is -2.58. The molecule has 0 unspecified atom stereocenters. The quantitative estimate of drug-likeness (QED) is 0.679. The Morgan fingerprint density at radius 1 is 1.39 bits per heavy atom. The number of benzene rings is 1. The van der Waals surface area contributed by atoms with E-state index in [1.165, 1.54) is 6.20 Å². The van der Waals surface area contributed by atoms with Crippen molar-refractivity contribution in [2.45, 2.75) is 12.8 Å². The van der Waals surface area contributed by atoms with Gasteiger partial charge in [0.1, 0.15) is 16.6 Å². The number of piperidine rings is 1. The highest BCUT2D eigenvalue weighted by Crippen LogP contribution is 2.30. The number of amides is 1. The number of carbonyl (C=O) groups excluding carboxylic acids is 1. The van der Waals surface area contributed by atoms with Crippen molar-refractivity contribution in [3.8, 4) is 5.75 Å². The molecule has 150 valence electrons. The second-order valence-corrected chi connectivity index (χ2v) is 7.01. The van der Waals surface area contributed by atoms with Crippen molar-refractivity contribution < 1.29 is 14.6 Å². The van der Waals surface area contributed by atoms with Crippen molar-refractivity contribution in [3.05, 3.63) is 35.0 Å². The van der Waals surface area contributed by atoms with E-state index in [2.05, 4.69) is 20.6 Å². The first kappa shape index (κ1) is 20.2. The molecule has 1 fully saturated rings. The van der Waals surface area contributed by atoms with Crippen LogP contribution in [0.3, 0.4) is 0 Å². The van der Waals surface area contributed by atoms with E-state index >= 15 is 0 Å². The van der Waals surface area contributed by atoms with E-state index in [-0.39, 0.29) is 18.4 Å². The van der Waals surface area contributed by atoms with Crippen LogP contribution in [0.25, 0.3) is 0 Å². The van der Waals surface area contributed by atoms with E-state index in [0.717, 1.165) is 12.8 Å². The van der Waals surface area contributed by atoms with Crippen LogP contribution < -0.4 is 15.4 Å². The summed E-state index contributed by atoms with van der Waals surface area (Å²) in [6, 6.07) is 5.22. The Labute approximate surface area is 168 Å². The third-order valence-electron chi connectivity index (χ3n) is 4.84. The summed E-state index contributed by atoms with van der Waals surface area (Å²) in [4.78, 5) is 23.1. The monoisotopic (exact) mass is 405 g/mol. The lowest BCUT2D eigenvalue weighted by atomic mass is 9.97. The molecule has 9 heteroatoms. The molecule has 1 aliphatic rings. The van der Waals surface area contributed by atoms with Crippen LogP contribution >= 0.6 is 11.6 Å². The van der Waals surface area contributed by atoms with Gasteiger partial charge in [-0.05, 0) is 37.0 Å². The van der Waals surface area contributed by atoms with E-state index in [4.69, 9.17) is 16.3 Å². The van der Waals surface area contributed by atoms with Gasteiger partial charge in [-0.2, -0.15) is 4.98 Å². The summed E-state index contributed by atoms with van der Waals surface area (Å²) >= 11 is 6.01. The minimum Gasteiger partial charge on any atom is -0.495 e. The molecule has 0 aliphatic carbocycles. The Morgan fingerprint density at radius 3 is 2.79 bits per heavy atom. The van der Waals surface area contributed by atoms with Gasteiger partial charge in [-0.25, -0.2) is 4.98 Å². The molecule has 2 aromatic rings. The second-order valence-electron chi connectivity index (χ2n) is 6.60. The number of nitrogens with one attached hydrogen (secondary N) is 2. The molecule has 1 aliphatic heterocycles. The number of hydrogen-bond acceptors (Lipinski definition) is 7. The molecule has 1 aromatic carbocycles. The molecule has 1 aromatic heterocycles. The van der Waals surface area contributed by atoms with Gasteiger partial charge in [-0.3, -0.25) is 4.79 Å². The van der Waals surface area contributed by atoms with Gasteiger partial charge >= 0.3 is 0 Å². The molecule has 28 heavy (non-hydrogen) atoms. The van der Waals surface area contributed by atoms with Gasteiger partial charge in [0.2, 0.25) is 5.95 Å². The lowest BCUT2D eigenvalue weighted by Crippen LogP contribution is -2.39.